The van der Waals surface area contributed by atoms with E-state index in [1.165, 1.54) is 0 Å². The maximum absolute atomic E-state index is 9.74. The van der Waals surface area contributed by atoms with Crippen molar-refractivity contribution in [1.29, 1.82) is 0 Å². The monoisotopic (exact) mass is 207 g/mol. The minimum atomic E-state index is -0.580. The summed E-state index contributed by atoms with van der Waals surface area (Å²) in [6.45, 7) is 0.239. The minimum Gasteiger partial charge on any atom is -0.390 e. The lowest BCUT2D eigenvalue weighted by molar-refractivity contribution is 0.151. The van der Waals surface area contributed by atoms with Crippen molar-refractivity contribution in [2.45, 2.75) is 31.0 Å². The Morgan fingerprint density at radius 2 is 1.87 bits per heavy atom. The fourth-order valence-corrected chi connectivity index (χ4v) is 1.69. The highest BCUT2D eigenvalue weighted by Crippen LogP contribution is 2.38. The van der Waals surface area contributed by atoms with E-state index in [-0.39, 0.29) is 6.54 Å². The lowest BCUT2D eigenvalue weighted by Gasteiger charge is -2.10. The van der Waals surface area contributed by atoms with Gasteiger partial charge >= 0.3 is 0 Å². The number of rotatable bonds is 4. The Labute approximate surface area is 89.5 Å². The summed E-state index contributed by atoms with van der Waals surface area (Å²) < 4.78 is 0. The molecule has 1 aromatic carbocycles. The first-order valence-corrected chi connectivity index (χ1v) is 5.32. The van der Waals surface area contributed by atoms with E-state index in [1.807, 2.05) is 24.3 Å². The van der Waals surface area contributed by atoms with Gasteiger partial charge < -0.3 is 15.9 Å². The summed E-state index contributed by atoms with van der Waals surface area (Å²) >= 11 is 0. The number of nitrogens with two attached hydrogens (primary N) is 1. The molecule has 0 radical (unpaired) electrons. The van der Waals surface area contributed by atoms with Crippen LogP contribution < -0.4 is 5.73 Å². The summed E-state index contributed by atoms with van der Waals surface area (Å²) in [6, 6.07) is 7.65. The van der Waals surface area contributed by atoms with Crippen LogP contribution in [0, 0.1) is 0 Å². The molecule has 0 bridgehead atoms. The van der Waals surface area contributed by atoms with Crippen molar-refractivity contribution in [3.63, 3.8) is 0 Å². The normalized spacial score (nSPS) is 19.9. The van der Waals surface area contributed by atoms with E-state index in [1.54, 1.807) is 0 Å². The fourth-order valence-electron chi connectivity index (χ4n) is 1.69. The van der Waals surface area contributed by atoms with Crippen molar-refractivity contribution in [2.24, 2.45) is 5.73 Å². The average molecular weight is 207 g/mol. The molecule has 4 N–H and O–H groups in total. The third-order valence-electron chi connectivity index (χ3n) is 2.95. The number of aliphatic hydroxyl groups excluding tert-OH is 1. The van der Waals surface area contributed by atoms with Crippen LogP contribution >= 0.6 is 0 Å². The second kappa shape index (κ2) is 3.93. The summed E-state index contributed by atoms with van der Waals surface area (Å²) in [5.74, 6) is 0. The molecule has 3 heteroatoms. The Kier molecular flexibility index (Phi) is 2.78. The first-order valence-electron chi connectivity index (χ1n) is 5.32. The van der Waals surface area contributed by atoms with Crippen molar-refractivity contribution in [3.05, 3.63) is 35.4 Å². The van der Waals surface area contributed by atoms with Gasteiger partial charge in [-0.1, -0.05) is 24.3 Å². The van der Waals surface area contributed by atoms with Gasteiger partial charge in [-0.2, -0.15) is 0 Å². The van der Waals surface area contributed by atoms with Crippen LogP contribution in [0.2, 0.25) is 0 Å². The van der Waals surface area contributed by atoms with Crippen LogP contribution in [0.4, 0.5) is 0 Å². The van der Waals surface area contributed by atoms with Gasteiger partial charge in [-0.05, 0) is 24.0 Å². The SMILES string of the molecule is NCC(O)c1ccc(CC2(O)CC2)cc1. The zero-order valence-electron chi connectivity index (χ0n) is 8.69. The third kappa shape index (κ3) is 2.56. The van der Waals surface area contributed by atoms with Gasteiger partial charge in [0.1, 0.15) is 0 Å². The van der Waals surface area contributed by atoms with Crippen molar-refractivity contribution < 1.29 is 10.2 Å². The van der Waals surface area contributed by atoms with Crippen LogP contribution in [0.5, 0.6) is 0 Å². The second-order valence-corrected chi connectivity index (χ2v) is 4.39. The molecular weight excluding hydrogens is 190 g/mol. The van der Waals surface area contributed by atoms with Crippen molar-refractivity contribution in [3.8, 4) is 0 Å². The molecule has 1 aromatic rings. The average Bonchev–Trinajstić information content (AvgIpc) is 2.96. The predicted octanol–water partition coefficient (Wildman–Crippen LogP) is 0.746. The fraction of sp³-hybridized carbons (Fsp3) is 0.500. The van der Waals surface area contributed by atoms with Gasteiger partial charge in [-0.15, -0.1) is 0 Å². The Balaban J connectivity index is 2.03. The molecule has 1 aliphatic rings. The highest BCUT2D eigenvalue weighted by molar-refractivity contribution is 5.26. The molecule has 0 spiro atoms. The van der Waals surface area contributed by atoms with E-state index in [4.69, 9.17) is 5.73 Å². The van der Waals surface area contributed by atoms with E-state index in [9.17, 15) is 10.2 Å². The Bertz CT molecular complexity index is 330. The molecule has 1 aliphatic carbocycles. The predicted molar refractivity (Wildman–Crippen MR) is 58.3 cm³/mol. The topological polar surface area (TPSA) is 66.5 Å². The standard InChI is InChI=1S/C12H17NO2/c13-8-11(14)10-3-1-9(2-4-10)7-12(15)5-6-12/h1-4,11,14-15H,5-8,13H2. The van der Waals surface area contributed by atoms with Crippen LogP contribution in [0.1, 0.15) is 30.1 Å². The number of benzene rings is 1. The smallest absolute Gasteiger partial charge is 0.0912 e. The Hall–Kier alpha value is -0.900. The quantitative estimate of drug-likeness (QED) is 0.682. The number of aliphatic hydroxyl groups is 2. The summed E-state index contributed by atoms with van der Waals surface area (Å²) in [5.41, 5.74) is 6.86. The minimum absolute atomic E-state index is 0.239. The summed E-state index contributed by atoms with van der Waals surface area (Å²) in [7, 11) is 0. The van der Waals surface area contributed by atoms with E-state index >= 15 is 0 Å². The molecule has 1 saturated carbocycles. The molecule has 2 rings (SSSR count). The van der Waals surface area contributed by atoms with Gasteiger partial charge in [0.05, 0.1) is 11.7 Å². The zero-order chi connectivity index (χ0) is 10.9. The summed E-state index contributed by atoms with van der Waals surface area (Å²) in [5, 5.41) is 19.2. The maximum Gasteiger partial charge on any atom is 0.0912 e. The summed E-state index contributed by atoms with van der Waals surface area (Å²) in [4.78, 5) is 0. The summed E-state index contributed by atoms with van der Waals surface area (Å²) in [6.07, 6.45) is 1.94. The molecule has 0 aliphatic heterocycles. The first-order chi connectivity index (χ1) is 7.13. The molecule has 0 amide bonds. The number of hydrogen-bond acceptors (Lipinski definition) is 3. The van der Waals surface area contributed by atoms with Crippen molar-refractivity contribution >= 4 is 0 Å². The van der Waals surface area contributed by atoms with Crippen LogP contribution in [0.15, 0.2) is 24.3 Å². The van der Waals surface area contributed by atoms with Gasteiger partial charge in [-0.25, -0.2) is 0 Å². The van der Waals surface area contributed by atoms with Crippen molar-refractivity contribution in [1.82, 2.24) is 0 Å². The molecule has 0 aromatic heterocycles. The Morgan fingerprint density at radius 3 is 2.33 bits per heavy atom. The molecule has 15 heavy (non-hydrogen) atoms. The van der Waals surface area contributed by atoms with Crippen LogP contribution in [0.3, 0.4) is 0 Å². The van der Waals surface area contributed by atoms with Gasteiger partial charge in [0.2, 0.25) is 0 Å². The first kappa shape index (κ1) is 10.6. The lowest BCUT2D eigenvalue weighted by atomic mass is 10.0. The lowest BCUT2D eigenvalue weighted by Crippen LogP contribution is -2.12. The molecule has 1 atom stereocenters. The van der Waals surface area contributed by atoms with Crippen LogP contribution in [-0.2, 0) is 6.42 Å². The molecule has 1 fully saturated rings. The van der Waals surface area contributed by atoms with Gasteiger partial charge in [0.25, 0.3) is 0 Å². The van der Waals surface area contributed by atoms with Crippen LogP contribution in [-0.4, -0.2) is 22.4 Å². The van der Waals surface area contributed by atoms with E-state index in [0.717, 1.165) is 24.0 Å². The molecule has 3 nitrogen and oxygen atoms in total. The molecule has 0 heterocycles. The zero-order valence-corrected chi connectivity index (χ0v) is 8.69. The highest BCUT2D eigenvalue weighted by Gasteiger charge is 2.39. The van der Waals surface area contributed by atoms with Crippen molar-refractivity contribution in [2.75, 3.05) is 6.54 Å². The highest BCUT2D eigenvalue weighted by atomic mass is 16.3. The van der Waals surface area contributed by atoms with Gasteiger partial charge in [-0.3, -0.25) is 0 Å². The van der Waals surface area contributed by atoms with E-state index in [0.29, 0.717) is 6.42 Å². The van der Waals surface area contributed by atoms with Gasteiger partial charge in [0, 0.05) is 13.0 Å². The molecule has 82 valence electrons. The Morgan fingerprint density at radius 1 is 1.27 bits per heavy atom. The number of hydrogen-bond donors (Lipinski definition) is 3. The second-order valence-electron chi connectivity index (χ2n) is 4.39. The van der Waals surface area contributed by atoms with E-state index in [2.05, 4.69) is 0 Å². The maximum atomic E-state index is 9.74. The van der Waals surface area contributed by atoms with E-state index < -0.39 is 11.7 Å². The molecule has 1 unspecified atom stereocenters. The van der Waals surface area contributed by atoms with Gasteiger partial charge in [0.15, 0.2) is 0 Å². The molecular formula is C12H17NO2. The largest absolute Gasteiger partial charge is 0.390 e. The molecule has 0 saturated heterocycles. The van der Waals surface area contributed by atoms with Crippen LogP contribution in [0.25, 0.3) is 0 Å². The third-order valence-corrected chi connectivity index (χ3v) is 2.95.